The Kier molecular flexibility index (Phi) is 5.43. The van der Waals surface area contributed by atoms with Gasteiger partial charge in [-0.15, -0.1) is 0 Å². The molecule has 0 saturated carbocycles. The Morgan fingerprint density at radius 3 is 2.58 bits per heavy atom. The van der Waals surface area contributed by atoms with Crippen LogP contribution < -0.4 is 0 Å². The van der Waals surface area contributed by atoms with Crippen molar-refractivity contribution in [2.75, 3.05) is 33.2 Å². The van der Waals surface area contributed by atoms with E-state index < -0.39 is 0 Å². The number of nitrogens with zero attached hydrogens (tertiary/aromatic N) is 5. The standard InChI is InChI=1S/C17H21Cl2N5/c1-13-15(11-20-23-9-7-22(2)8-10-23)17(19)24(21-13)12-14-5-3-4-6-16(14)18/h3-6,11H,7-10,12H2,1-2H3/b20-11-. The van der Waals surface area contributed by atoms with Crippen LogP contribution in [0.2, 0.25) is 10.2 Å². The van der Waals surface area contributed by atoms with Crippen LogP contribution in [0.4, 0.5) is 0 Å². The van der Waals surface area contributed by atoms with Crippen LogP contribution in [0, 0.1) is 6.92 Å². The van der Waals surface area contributed by atoms with Gasteiger partial charge in [0, 0.05) is 31.2 Å². The normalized spacial score (nSPS) is 16.2. The van der Waals surface area contributed by atoms with E-state index in [2.05, 4.69) is 27.2 Å². The fraction of sp³-hybridized carbons (Fsp3) is 0.412. The summed E-state index contributed by atoms with van der Waals surface area (Å²) in [6.45, 7) is 6.39. The molecule has 128 valence electrons. The van der Waals surface area contributed by atoms with Gasteiger partial charge in [-0.3, -0.25) is 5.01 Å². The van der Waals surface area contributed by atoms with E-state index in [1.807, 2.05) is 37.4 Å². The Balaban J connectivity index is 1.76. The molecule has 0 aliphatic carbocycles. The van der Waals surface area contributed by atoms with E-state index in [0.29, 0.717) is 11.7 Å². The molecule has 0 N–H and O–H groups in total. The summed E-state index contributed by atoms with van der Waals surface area (Å²) in [5.41, 5.74) is 2.72. The van der Waals surface area contributed by atoms with Crippen molar-refractivity contribution in [1.29, 1.82) is 0 Å². The molecule has 1 aromatic heterocycles. The molecule has 2 aromatic rings. The number of aryl methyl sites for hydroxylation is 1. The fourth-order valence-corrected chi connectivity index (χ4v) is 3.14. The van der Waals surface area contributed by atoms with Crippen LogP contribution in [0.3, 0.4) is 0 Å². The molecule has 1 aliphatic heterocycles. The minimum atomic E-state index is 0.543. The summed E-state index contributed by atoms with van der Waals surface area (Å²) in [7, 11) is 2.13. The topological polar surface area (TPSA) is 36.7 Å². The minimum Gasteiger partial charge on any atom is -0.303 e. The lowest BCUT2D eigenvalue weighted by atomic mass is 10.2. The number of rotatable bonds is 4. The molecule has 0 atom stereocenters. The van der Waals surface area contributed by atoms with E-state index in [4.69, 9.17) is 23.2 Å². The highest BCUT2D eigenvalue weighted by Gasteiger charge is 2.15. The van der Waals surface area contributed by atoms with Crippen LogP contribution in [-0.4, -0.2) is 59.1 Å². The number of halogens is 2. The van der Waals surface area contributed by atoms with Gasteiger partial charge in [-0.2, -0.15) is 10.2 Å². The molecule has 24 heavy (non-hydrogen) atoms. The van der Waals surface area contributed by atoms with Crippen molar-refractivity contribution in [1.82, 2.24) is 19.7 Å². The van der Waals surface area contributed by atoms with Crippen molar-refractivity contribution < 1.29 is 0 Å². The quantitative estimate of drug-likeness (QED) is 0.781. The van der Waals surface area contributed by atoms with Crippen molar-refractivity contribution in [3.8, 4) is 0 Å². The molecule has 0 bridgehead atoms. The Morgan fingerprint density at radius 2 is 1.88 bits per heavy atom. The molecule has 2 heterocycles. The SMILES string of the molecule is Cc1nn(Cc2ccccc2Cl)c(Cl)c1/C=N\N1CCN(C)CC1. The van der Waals surface area contributed by atoms with Gasteiger partial charge in [-0.1, -0.05) is 41.4 Å². The first-order valence-corrected chi connectivity index (χ1v) is 8.74. The van der Waals surface area contributed by atoms with Gasteiger partial charge in [0.05, 0.1) is 24.0 Å². The Bertz CT molecular complexity index is 733. The minimum absolute atomic E-state index is 0.543. The summed E-state index contributed by atoms with van der Waals surface area (Å²) in [4.78, 5) is 2.30. The second-order valence-electron chi connectivity index (χ2n) is 6.04. The Morgan fingerprint density at radius 1 is 1.17 bits per heavy atom. The van der Waals surface area contributed by atoms with E-state index in [9.17, 15) is 0 Å². The maximum Gasteiger partial charge on any atom is 0.136 e. The van der Waals surface area contributed by atoms with Crippen LogP contribution in [0.5, 0.6) is 0 Å². The number of likely N-dealkylation sites (N-methyl/N-ethyl adjacent to an activating group) is 1. The molecule has 0 unspecified atom stereocenters. The summed E-state index contributed by atoms with van der Waals surface area (Å²) < 4.78 is 1.77. The van der Waals surface area contributed by atoms with Crippen molar-refractivity contribution in [2.24, 2.45) is 5.10 Å². The van der Waals surface area contributed by atoms with Gasteiger partial charge in [0.15, 0.2) is 0 Å². The smallest absolute Gasteiger partial charge is 0.136 e. The van der Waals surface area contributed by atoms with Gasteiger partial charge in [-0.25, -0.2) is 4.68 Å². The second-order valence-corrected chi connectivity index (χ2v) is 6.81. The van der Waals surface area contributed by atoms with Crippen LogP contribution in [-0.2, 0) is 6.54 Å². The second kappa shape index (κ2) is 7.55. The van der Waals surface area contributed by atoms with Gasteiger partial charge < -0.3 is 4.90 Å². The van der Waals surface area contributed by atoms with E-state index in [0.717, 1.165) is 48.0 Å². The zero-order valence-corrected chi connectivity index (χ0v) is 15.4. The molecule has 0 radical (unpaired) electrons. The van der Waals surface area contributed by atoms with Crippen LogP contribution in [0.25, 0.3) is 0 Å². The molecule has 1 aromatic carbocycles. The van der Waals surface area contributed by atoms with Crippen LogP contribution >= 0.6 is 23.2 Å². The third kappa shape index (κ3) is 3.91. The highest BCUT2D eigenvalue weighted by Crippen LogP contribution is 2.22. The number of hydrogen-bond acceptors (Lipinski definition) is 4. The first-order chi connectivity index (χ1) is 11.5. The molecule has 1 fully saturated rings. The van der Waals surface area contributed by atoms with Crippen molar-refractivity contribution in [2.45, 2.75) is 13.5 Å². The number of aromatic nitrogens is 2. The predicted octanol–water partition coefficient (Wildman–Crippen LogP) is 3.13. The van der Waals surface area contributed by atoms with E-state index >= 15 is 0 Å². The number of benzene rings is 1. The van der Waals surface area contributed by atoms with Crippen LogP contribution in [0.1, 0.15) is 16.8 Å². The van der Waals surface area contributed by atoms with Crippen molar-refractivity contribution in [3.05, 3.63) is 51.3 Å². The summed E-state index contributed by atoms with van der Waals surface area (Å²) >= 11 is 12.7. The van der Waals surface area contributed by atoms with E-state index in [1.165, 1.54) is 0 Å². The van der Waals surface area contributed by atoms with Gasteiger partial charge in [-0.05, 0) is 25.6 Å². The first kappa shape index (κ1) is 17.3. The molecule has 0 spiro atoms. The summed E-state index contributed by atoms with van der Waals surface area (Å²) in [5, 5.41) is 12.5. The molecular weight excluding hydrogens is 345 g/mol. The van der Waals surface area contributed by atoms with Gasteiger partial charge >= 0.3 is 0 Å². The molecule has 1 saturated heterocycles. The average molecular weight is 366 g/mol. The highest BCUT2D eigenvalue weighted by molar-refractivity contribution is 6.32. The van der Waals surface area contributed by atoms with Crippen molar-refractivity contribution in [3.63, 3.8) is 0 Å². The zero-order chi connectivity index (χ0) is 17.1. The number of hydrazone groups is 1. The lowest BCUT2D eigenvalue weighted by Gasteiger charge is -2.30. The molecule has 0 amide bonds. The monoisotopic (exact) mass is 365 g/mol. The molecule has 5 nitrogen and oxygen atoms in total. The summed E-state index contributed by atoms with van der Waals surface area (Å²) in [5.74, 6) is 0. The zero-order valence-electron chi connectivity index (χ0n) is 13.9. The van der Waals surface area contributed by atoms with Gasteiger partial charge in [0.2, 0.25) is 0 Å². The van der Waals surface area contributed by atoms with Gasteiger partial charge in [0.1, 0.15) is 5.15 Å². The van der Waals surface area contributed by atoms with E-state index in [1.54, 1.807) is 4.68 Å². The maximum atomic E-state index is 6.51. The van der Waals surface area contributed by atoms with Crippen molar-refractivity contribution >= 4 is 29.4 Å². The third-order valence-electron chi connectivity index (χ3n) is 4.22. The lowest BCUT2D eigenvalue weighted by molar-refractivity contribution is 0.159. The summed E-state index contributed by atoms with van der Waals surface area (Å²) in [6, 6.07) is 7.72. The first-order valence-electron chi connectivity index (χ1n) is 7.98. The fourth-order valence-electron chi connectivity index (χ4n) is 2.66. The lowest BCUT2D eigenvalue weighted by Crippen LogP contribution is -2.41. The number of hydrogen-bond donors (Lipinski definition) is 0. The third-order valence-corrected chi connectivity index (χ3v) is 4.98. The van der Waals surface area contributed by atoms with Gasteiger partial charge in [0.25, 0.3) is 0 Å². The Hall–Kier alpha value is -1.56. The largest absolute Gasteiger partial charge is 0.303 e. The Labute approximate surface area is 152 Å². The molecular formula is C17H21Cl2N5. The molecule has 7 heteroatoms. The molecule has 1 aliphatic rings. The predicted molar refractivity (Wildman–Crippen MR) is 99.2 cm³/mol. The number of piperazine rings is 1. The average Bonchev–Trinajstić information content (AvgIpc) is 2.83. The maximum absolute atomic E-state index is 6.51. The summed E-state index contributed by atoms with van der Waals surface area (Å²) in [6.07, 6.45) is 1.82. The van der Waals surface area contributed by atoms with E-state index in [-0.39, 0.29) is 0 Å². The highest BCUT2D eigenvalue weighted by atomic mass is 35.5. The molecule has 3 rings (SSSR count). The van der Waals surface area contributed by atoms with Crippen LogP contribution in [0.15, 0.2) is 29.4 Å².